The summed E-state index contributed by atoms with van der Waals surface area (Å²) in [6, 6.07) is 36.5. The van der Waals surface area contributed by atoms with Gasteiger partial charge in [0.25, 0.3) is 0 Å². The second kappa shape index (κ2) is 7.53. The summed E-state index contributed by atoms with van der Waals surface area (Å²) >= 11 is 0. The fraction of sp³-hybridized carbons (Fsp3) is 0. The van der Waals surface area contributed by atoms with Crippen LogP contribution in [0.2, 0.25) is 0 Å². The van der Waals surface area contributed by atoms with E-state index in [2.05, 4.69) is 22.3 Å². The molecule has 0 aliphatic carbocycles. The number of aromatic nitrogens is 4. The summed E-state index contributed by atoms with van der Waals surface area (Å²) in [7, 11) is 0. The molecule has 0 saturated carbocycles. The average Bonchev–Trinajstić information content (AvgIpc) is 3.45. The summed E-state index contributed by atoms with van der Waals surface area (Å²) in [6.45, 7) is 0. The van der Waals surface area contributed by atoms with Gasteiger partial charge in [-0.15, -0.1) is 10.2 Å². The van der Waals surface area contributed by atoms with Crippen molar-refractivity contribution < 1.29 is 0 Å². The second-order valence-electron chi connectivity index (χ2n) is 8.56. The van der Waals surface area contributed by atoms with Crippen molar-refractivity contribution in [3.05, 3.63) is 108 Å². The fourth-order valence-electron chi connectivity index (χ4n) is 5.24. The normalized spacial score (nSPS) is 11.3. The van der Waals surface area contributed by atoms with Crippen LogP contribution < -0.4 is 0 Å². The van der Waals surface area contributed by atoms with Gasteiger partial charge in [-0.2, -0.15) is 10.5 Å². The zero-order chi connectivity index (χ0) is 24.2. The molecule has 0 fully saturated rings. The van der Waals surface area contributed by atoms with Crippen LogP contribution in [0.4, 0.5) is 0 Å². The highest BCUT2D eigenvalue weighted by molar-refractivity contribution is 6.10. The Kier molecular flexibility index (Phi) is 4.17. The van der Waals surface area contributed by atoms with Crippen molar-refractivity contribution >= 4 is 43.6 Å². The first-order chi connectivity index (χ1) is 17.8. The predicted molar refractivity (Wildman–Crippen MR) is 140 cm³/mol. The minimum atomic E-state index is 0.191. The van der Waals surface area contributed by atoms with Gasteiger partial charge in [-0.1, -0.05) is 72.8 Å². The number of hydrogen-bond donors (Lipinski definition) is 0. The van der Waals surface area contributed by atoms with E-state index in [0.29, 0.717) is 11.6 Å². The van der Waals surface area contributed by atoms with Crippen molar-refractivity contribution in [1.29, 1.82) is 10.5 Å². The van der Waals surface area contributed by atoms with Crippen molar-refractivity contribution in [2.24, 2.45) is 0 Å². The van der Waals surface area contributed by atoms with Gasteiger partial charge in [0.15, 0.2) is 11.6 Å². The van der Waals surface area contributed by atoms with Crippen LogP contribution in [0.1, 0.15) is 11.1 Å². The summed E-state index contributed by atoms with van der Waals surface area (Å²) in [6.07, 6.45) is 0. The average molecular weight is 461 g/mol. The van der Waals surface area contributed by atoms with Gasteiger partial charge in [0.2, 0.25) is 0 Å². The number of hydrogen-bond acceptors (Lipinski definition) is 4. The van der Waals surface area contributed by atoms with Crippen LogP contribution in [-0.2, 0) is 0 Å². The van der Waals surface area contributed by atoms with E-state index in [1.807, 2.05) is 106 Å². The topological polar surface area (TPSA) is 83.2 Å². The van der Waals surface area contributed by atoms with E-state index in [1.54, 1.807) is 0 Å². The maximum Gasteiger partial charge on any atom is 0.179 e. The maximum absolute atomic E-state index is 10.3. The molecule has 3 heterocycles. The molecule has 0 aliphatic rings. The maximum atomic E-state index is 10.3. The fourth-order valence-corrected chi connectivity index (χ4v) is 5.24. The van der Waals surface area contributed by atoms with Crippen LogP contribution >= 0.6 is 0 Å². The van der Waals surface area contributed by atoms with E-state index in [4.69, 9.17) is 0 Å². The minimum absolute atomic E-state index is 0.191. The molecule has 3 aromatic heterocycles. The number of benzene rings is 4. The molecule has 7 aromatic rings. The van der Waals surface area contributed by atoms with Crippen LogP contribution in [0, 0.1) is 22.7 Å². The van der Waals surface area contributed by atoms with Gasteiger partial charge >= 0.3 is 0 Å². The first-order valence-corrected chi connectivity index (χ1v) is 11.5. The SMILES string of the molecule is N#Cc1c(-n2c3ccccc3c3ccccc32)nnc(-n2c3ccccc3c3ccccc32)c1C#N. The molecule has 0 N–H and O–H groups in total. The molecule has 0 saturated heterocycles. The zero-order valence-electron chi connectivity index (χ0n) is 18.9. The van der Waals surface area contributed by atoms with Crippen molar-refractivity contribution in [1.82, 2.24) is 19.3 Å². The van der Waals surface area contributed by atoms with Gasteiger partial charge in [0.05, 0.1) is 22.1 Å². The number of para-hydroxylation sites is 4. The quantitative estimate of drug-likeness (QED) is 0.298. The number of rotatable bonds is 2. The number of nitrogens with zero attached hydrogens (tertiary/aromatic N) is 6. The van der Waals surface area contributed by atoms with Gasteiger partial charge < -0.3 is 0 Å². The lowest BCUT2D eigenvalue weighted by atomic mass is 10.1. The number of nitriles is 2. The molecule has 6 heteroatoms. The van der Waals surface area contributed by atoms with E-state index in [1.165, 1.54) is 0 Å². The summed E-state index contributed by atoms with van der Waals surface area (Å²) in [5, 5.41) is 34.0. The first-order valence-electron chi connectivity index (χ1n) is 11.5. The molecule has 0 bridgehead atoms. The Morgan fingerprint density at radius 3 is 1.00 bits per heavy atom. The van der Waals surface area contributed by atoms with Gasteiger partial charge in [-0.05, 0) is 24.3 Å². The Bertz CT molecular complexity index is 1820. The Labute approximate surface area is 205 Å². The molecule has 0 amide bonds. The van der Waals surface area contributed by atoms with E-state index in [0.717, 1.165) is 43.6 Å². The highest BCUT2D eigenvalue weighted by Gasteiger charge is 2.24. The monoisotopic (exact) mass is 460 g/mol. The van der Waals surface area contributed by atoms with Crippen LogP contribution in [0.15, 0.2) is 97.1 Å². The largest absolute Gasteiger partial charge is 0.291 e. The summed E-state index contributed by atoms with van der Waals surface area (Å²) < 4.78 is 3.85. The molecule has 4 aromatic carbocycles. The highest BCUT2D eigenvalue weighted by atomic mass is 15.3. The molecular formula is C30H16N6. The standard InChI is InChI=1S/C30H16N6/c31-17-23-24(18-32)30(36-27-15-7-3-11-21(27)22-12-4-8-16-28(22)36)34-33-29(23)35-25-13-5-1-9-19(25)20-10-2-6-14-26(20)35/h1-16H. The third kappa shape index (κ3) is 2.58. The van der Waals surface area contributed by atoms with E-state index in [-0.39, 0.29) is 11.1 Å². The molecule has 0 unspecified atom stereocenters. The van der Waals surface area contributed by atoms with Gasteiger partial charge in [0.1, 0.15) is 23.3 Å². The summed E-state index contributed by atoms with van der Waals surface area (Å²) in [5.74, 6) is 0.687. The molecule has 0 aliphatic heterocycles. The smallest absolute Gasteiger partial charge is 0.179 e. The molecule has 36 heavy (non-hydrogen) atoms. The lowest BCUT2D eigenvalue weighted by Crippen LogP contribution is -2.10. The lowest BCUT2D eigenvalue weighted by molar-refractivity contribution is 0.898. The van der Waals surface area contributed by atoms with E-state index >= 15 is 0 Å². The zero-order valence-corrected chi connectivity index (χ0v) is 18.9. The van der Waals surface area contributed by atoms with Crippen molar-refractivity contribution in [3.63, 3.8) is 0 Å². The van der Waals surface area contributed by atoms with Crippen molar-refractivity contribution in [2.75, 3.05) is 0 Å². The second-order valence-corrected chi connectivity index (χ2v) is 8.56. The number of fused-ring (bicyclic) bond motifs is 6. The molecule has 0 atom stereocenters. The van der Waals surface area contributed by atoms with E-state index in [9.17, 15) is 10.5 Å². The van der Waals surface area contributed by atoms with Gasteiger partial charge in [-0.3, -0.25) is 9.13 Å². The molecule has 166 valence electrons. The molecule has 0 radical (unpaired) electrons. The predicted octanol–water partition coefficient (Wildman–Crippen LogP) is 6.41. The molecular weight excluding hydrogens is 444 g/mol. The van der Waals surface area contributed by atoms with Crippen molar-refractivity contribution in [2.45, 2.75) is 0 Å². The van der Waals surface area contributed by atoms with Crippen LogP contribution in [0.3, 0.4) is 0 Å². The van der Waals surface area contributed by atoms with Gasteiger partial charge in [0, 0.05) is 21.5 Å². The Balaban J connectivity index is 1.60. The molecule has 7 rings (SSSR count). The Morgan fingerprint density at radius 2 is 0.722 bits per heavy atom. The molecule has 6 nitrogen and oxygen atoms in total. The Morgan fingerprint density at radius 1 is 0.444 bits per heavy atom. The van der Waals surface area contributed by atoms with Crippen LogP contribution in [0.25, 0.3) is 55.2 Å². The third-order valence-electron chi connectivity index (χ3n) is 6.74. The first kappa shape index (κ1) is 20.0. The minimum Gasteiger partial charge on any atom is -0.291 e. The van der Waals surface area contributed by atoms with Gasteiger partial charge in [-0.25, -0.2) is 0 Å². The van der Waals surface area contributed by atoms with Crippen LogP contribution in [-0.4, -0.2) is 19.3 Å². The highest BCUT2D eigenvalue weighted by Crippen LogP contribution is 2.35. The lowest BCUT2D eigenvalue weighted by Gasteiger charge is -2.13. The van der Waals surface area contributed by atoms with Crippen molar-refractivity contribution in [3.8, 4) is 23.8 Å². The third-order valence-corrected chi connectivity index (χ3v) is 6.74. The van der Waals surface area contributed by atoms with Crippen LogP contribution in [0.5, 0.6) is 0 Å². The van der Waals surface area contributed by atoms with E-state index < -0.39 is 0 Å². The molecule has 0 spiro atoms. The summed E-state index contributed by atoms with van der Waals surface area (Å²) in [5.41, 5.74) is 3.98. The summed E-state index contributed by atoms with van der Waals surface area (Å²) in [4.78, 5) is 0. The Hall–Kier alpha value is -5.46.